The fraction of sp³-hybridized carbons (Fsp3) is 0.333. The lowest BCUT2D eigenvalue weighted by atomic mass is 10.1. The lowest BCUT2D eigenvalue weighted by Crippen LogP contribution is -1.94. The van der Waals surface area contributed by atoms with E-state index in [0.29, 0.717) is 6.61 Å². The molecule has 1 N–H and O–H groups in total. The summed E-state index contributed by atoms with van der Waals surface area (Å²) in [5, 5.41) is 9.54. The van der Waals surface area contributed by atoms with Gasteiger partial charge in [-0.25, -0.2) is 0 Å². The van der Waals surface area contributed by atoms with Crippen molar-refractivity contribution >= 4 is 0 Å². The molecule has 14 heavy (non-hydrogen) atoms. The highest BCUT2D eigenvalue weighted by Gasteiger charge is 2.02. The predicted octanol–water partition coefficient (Wildman–Crippen LogP) is 1.89. The average Bonchev–Trinajstić information content (AvgIpc) is 2.20. The van der Waals surface area contributed by atoms with Crippen molar-refractivity contribution in [2.45, 2.75) is 19.6 Å². The smallest absolute Gasteiger partial charge is 0.140 e. The van der Waals surface area contributed by atoms with Crippen molar-refractivity contribution in [1.29, 1.82) is 0 Å². The molecule has 1 aromatic carbocycles. The largest absolute Gasteiger partial charge is 0.380 e. The number of benzene rings is 1. The van der Waals surface area contributed by atoms with E-state index in [-0.39, 0.29) is 0 Å². The van der Waals surface area contributed by atoms with Crippen LogP contribution in [0.4, 0.5) is 0 Å². The third-order valence-electron chi connectivity index (χ3n) is 1.89. The molecule has 0 spiro atoms. The van der Waals surface area contributed by atoms with Gasteiger partial charge >= 0.3 is 0 Å². The molecule has 0 fully saturated rings. The summed E-state index contributed by atoms with van der Waals surface area (Å²) in [4.78, 5) is 0. The zero-order valence-electron chi connectivity index (χ0n) is 8.45. The third kappa shape index (κ3) is 2.88. The molecule has 1 atom stereocenters. The van der Waals surface area contributed by atoms with Gasteiger partial charge in [0, 0.05) is 7.11 Å². The molecule has 2 nitrogen and oxygen atoms in total. The average molecular weight is 190 g/mol. The van der Waals surface area contributed by atoms with E-state index in [4.69, 9.17) is 4.74 Å². The molecule has 0 heterocycles. The van der Waals surface area contributed by atoms with Crippen molar-refractivity contribution in [3.8, 4) is 11.8 Å². The second kappa shape index (κ2) is 5.43. The van der Waals surface area contributed by atoms with Crippen LogP contribution in [0.15, 0.2) is 24.3 Å². The van der Waals surface area contributed by atoms with Crippen molar-refractivity contribution in [3.05, 3.63) is 35.4 Å². The fourth-order valence-corrected chi connectivity index (χ4v) is 1.18. The van der Waals surface area contributed by atoms with Gasteiger partial charge in [0.05, 0.1) is 6.61 Å². The Morgan fingerprint density at radius 1 is 1.36 bits per heavy atom. The van der Waals surface area contributed by atoms with Gasteiger partial charge in [-0.15, -0.1) is 5.92 Å². The molecule has 0 aliphatic heterocycles. The normalized spacial score (nSPS) is 11.6. The summed E-state index contributed by atoms with van der Waals surface area (Å²) >= 11 is 0. The molecule has 0 saturated heterocycles. The maximum absolute atomic E-state index is 9.54. The zero-order chi connectivity index (χ0) is 10.4. The Bertz CT molecular complexity index is 330. The molecule has 0 aromatic heterocycles. The number of aliphatic hydroxyl groups is 1. The molecule has 74 valence electrons. The van der Waals surface area contributed by atoms with Crippen LogP contribution in [-0.4, -0.2) is 12.2 Å². The summed E-state index contributed by atoms with van der Waals surface area (Å²) in [5.74, 6) is 5.37. The van der Waals surface area contributed by atoms with Gasteiger partial charge < -0.3 is 9.84 Å². The molecule has 1 unspecified atom stereocenters. The van der Waals surface area contributed by atoms with Gasteiger partial charge in [-0.2, -0.15) is 0 Å². The number of hydrogen-bond donors (Lipinski definition) is 1. The number of hydrogen-bond acceptors (Lipinski definition) is 2. The number of rotatable bonds is 3. The van der Waals surface area contributed by atoms with Gasteiger partial charge in [-0.1, -0.05) is 30.2 Å². The number of aliphatic hydroxyl groups excluding tert-OH is 1. The van der Waals surface area contributed by atoms with Gasteiger partial charge in [0.25, 0.3) is 0 Å². The Labute approximate surface area is 84.5 Å². The van der Waals surface area contributed by atoms with Crippen molar-refractivity contribution in [3.63, 3.8) is 0 Å². The van der Waals surface area contributed by atoms with Crippen LogP contribution in [0.5, 0.6) is 0 Å². The molecule has 0 saturated carbocycles. The molecule has 2 heteroatoms. The first kappa shape index (κ1) is 10.8. The van der Waals surface area contributed by atoms with Crippen LogP contribution in [0.2, 0.25) is 0 Å². The van der Waals surface area contributed by atoms with Crippen LogP contribution in [-0.2, 0) is 11.3 Å². The van der Waals surface area contributed by atoms with Crippen molar-refractivity contribution < 1.29 is 9.84 Å². The summed E-state index contributed by atoms with van der Waals surface area (Å²) in [5.41, 5.74) is 1.91. The molecule has 0 radical (unpaired) electrons. The summed E-state index contributed by atoms with van der Waals surface area (Å²) in [7, 11) is 1.66. The van der Waals surface area contributed by atoms with E-state index in [2.05, 4.69) is 11.8 Å². The van der Waals surface area contributed by atoms with Crippen molar-refractivity contribution in [1.82, 2.24) is 0 Å². The molecule has 0 amide bonds. The second-order valence-corrected chi connectivity index (χ2v) is 2.97. The second-order valence-electron chi connectivity index (χ2n) is 2.97. The van der Waals surface area contributed by atoms with Crippen LogP contribution in [0, 0.1) is 11.8 Å². The maximum atomic E-state index is 9.54. The first-order valence-electron chi connectivity index (χ1n) is 4.46. The topological polar surface area (TPSA) is 29.5 Å². The minimum absolute atomic E-state index is 0.593. The molecule has 0 aliphatic rings. The van der Waals surface area contributed by atoms with Crippen LogP contribution in [0.25, 0.3) is 0 Å². The highest BCUT2D eigenvalue weighted by Crippen LogP contribution is 2.13. The SMILES string of the molecule is CC#CC(O)c1ccc(COC)cc1. The molecule has 0 aliphatic carbocycles. The molecular formula is C12H14O2. The van der Waals surface area contributed by atoms with E-state index >= 15 is 0 Å². The Kier molecular flexibility index (Phi) is 4.18. The van der Waals surface area contributed by atoms with E-state index in [9.17, 15) is 5.11 Å². The standard InChI is InChI=1S/C12H14O2/c1-3-4-12(13)11-7-5-10(6-8-11)9-14-2/h5-8,12-13H,9H2,1-2H3. The molecular weight excluding hydrogens is 176 g/mol. The van der Waals surface area contributed by atoms with Gasteiger partial charge in [-0.3, -0.25) is 0 Å². The Balaban J connectivity index is 2.75. The van der Waals surface area contributed by atoms with Crippen molar-refractivity contribution in [2.24, 2.45) is 0 Å². The molecule has 1 aromatic rings. The third-order valence-corrected chi connectivity index (χ3v) is 1.89. The summed E-state index contributed by atoms with van der Waals surface area (Å²) in [6, 6.07) is 7.59. The fourth-order valence-electron chi connectivity index (χ4n) is 1.18. The van der Waals surface area contributed by atoms with E-state index < -0.39 is 6.10 Å². The molecule has 1 rings (SSSR count). The van der Waals surface area contributed by atoms with E-state index in [1.54, 1.807) is 14.0 Å². The predicted molar refractivity (Wildman–Crippen MR) is 55.6 cm³/mol. The summed E-state index contributed by atoms with van der Waals surface area (Å²) in [6.45, 7) is 2.30. The van der Waals surface area contributed by atoms with Crippen LogP contribution >= 0.6 is 0 Å². The summed E-state index contributed by atoms with van der Waals surface area (Å²) < 4.78 is 4.99. The van der Waals surface area contributed by atoms with Gasteiger partial charge in [0.15, 0.2) is 0 Å². The Hall–Kier alpha value is -1.30. The monoisotopic (exact) mass is 190 g/mol. The summed E-state index contributed by atoms with van der Waals surface area (Å²) in [6.07, 6.45) is -0.684. The lowest BCUT2D eigenvalue weighted by molar-refractivity contribution is 0.184. The quantitative estimate of drug-likeness (QED) is 0.737. The Morgan fingerprint density at radius 3 is 2.50 bits per heavy atom. The van der Waals surface area contributed by atoms with Crippen molar-refractivity contribution in [2.75, 3.05) is 7.11 Å². The lowest BCUT2D eigenvalue weighted by Gasteiger charge is -2.05. The van der Waals surface area contributed by atoms with Crippen LogP contribution in [0.1, 0.15) is 24.2 Å². The van der Waals surface area contributed by atoms with Crippen LogP contribution in [0.3, 0.4) is 0 Å². The van der Waals surface area contributed by atoms with Crippen LogP contribution < -0.4 is 0 Å². The highest BCUT2D eigenvalue weighted by molar-refractivity contribution is 5.28. The van der Waals surface area contributed by atoms with E-state index in [0.717, 1.165) is 11.1 Å². The zero-order valence-corrected chi connectivity index (χ0v) is 8.45. The first-order chi connectivity index (χ1) is 6.77. The number of methoxy groups -OCH3 is 1. The first-order valence-corrected chi connectivity index (χ1v) is 4.46. The minimum Gasteiger partial charge on any atom is -0.380 e. The molecule has 0 bridgehead atoms. The highest BCUT2D eigenvalue weighted by atomic mass is 16.5. The maximum Gasteiger partial charge on any atom is 0.140 e. The van der Waals surface area contributed by atoms with E-state index in [1.807, 2.05) is 24.3 Å². The van der Waals surface area contributed by atoms with Gasteiger partial charge in [0.2, 0.25) is 0 Å². The minimum atomic E-state index is -0.684. The van der Waals surface area contributed by atoms with Gasteiger partial charge in [0.1, 0.15) is 6.10 Å². The van der Waals surface area contributed by atoms with Gasteiger partial charge in [-0.05, 0) is 18.1 Å². The van der Waals surface area contributed by atoms with E-state index in [1.165, 1.54) is 0 Å². The Morgan fingerprint density at radius 2 is 2.00 bits per heavy atom. The number of ether oxygens (including phenoxy) is 1.